The van der Waals surface area contributed by atoms with E-state index in [9.17, 15) is 14.7 Å². The topological polar surface area (TPSA) is 92.4 Å². The van der Waals surface area contributed by atoms with Crippen molar-refractivity contribution in [2.45, 2.75) is 51.0 Å². The molecule has 5 nitrogen and oxygen atoms in total. The van der Waals surface area contributed by atoms with Crippen LogP contribution in [0.3, 0.4) is 0 Å². The van der Waals surface area contributed by atoms with E-state index in [1.807, 2.05) is 0 Å². The molecule has 0 aromatic carbocycles. The minimum atomic E-state index is -0.744. The van der Waals surface area contributed by atoms with Crippen LogP contribution in [-0.4, -0.2) is 29.6 Å². The molecule has 118 valence electrons. The van der Waals surface area contributed by atoms with Gasteiger partial charge in [0.05, 0.1) is 5.92 Å². The Kier molecular flexibility index (Phi) is 4.20. The summed E-state index contributed by atoms with van der Waals surface area (Å²) >= 11 is 0. The Balaban J connectivity index is 1.67. The van der Waals surface area contributed by atoms with Crippen LogP contribution in [0.15, 0.2) is 0 Å². The molecule has 6 atom stereocenters. The van der Waals surface area contributed by atoms with Gasteiger partial charge in [-0.1, -0.05) is 12.8 Å². The van der Waals surface area contributed by atoms with E-state index in [1.165, 1.54) is 0 Å². The number of carbonyl (C=O) groups excluding carboxylic acids is 1. The first-order chi connectivity index (χ1) is 10.1. The van der Waals surface area contributed by atoms with E-state index in [1.54, 1.807) is 0 Å². The van der Waals surface area contributed by atoms with Gasteiger partial charge in [0.2, 0.25) is 5.91 Å². The van der Waals surface area contributed by atoms with Gasteiger partial charge < -0.3 is 16.2 Å². The predicted molar refractivity (Wildman–Crippen MR) is 78.4 cm³/mol. The maximum Gasteiger partial charge on any atom is 0.308 e. The highest BCUT2D eigenvalue weighted by Crippen LogP contribution is 2.48. The molecule has 3 fully saturated rings. The summed E-state index contributed by atoms with van der Waals surface area (Å²) in [4.78, 5) is 24.1. The van der Waals surface area contributed by atoms with Gasteiger partial charge >= 0.3 is 5.97 Å². The molecule has 1 amide bonds. The molecule has 21 heavy (non-hydrogen) atoms. The number of aliphatic carboxylic acids is 1. The smallest absolute Gasteiger partial charge is 0.308 e. The number of fused-ring (bicyclic) bond motifs is 2. The predicted octanol–water partition coefficient (Wildman–Crippen LogP) is 1.37. The second-order valence-electron chi connectivity index (χ2n) is 7.12. The summed E-state index contributed by atoms with van der Waals surface area (Å²) in [7, 11) is 0. The molecule has 3 aliphatic rings. The molecule has 3 aliphatic carbocycles. The summed E-state index contributed by atoms with van der Waals surface area (Å²) in [5, 5.41) is 12.6. The maximum absolute atomic E-state index is 12.6. The second-order valence-corrected chi connectivity index (χ2v) is 7.12. The molecule has 4 N–H and O–H groups in total. The highest BCUT2D eigenvalue weighted by Gasteiger charge is 2.52. The van der Waals surface area contributed by atoms with Gasteiger partial charge in [0.25, 0.3) is 0 Å². The van der Waals surface area contributed by atoms with Crippen molar-refractivity contribution in [3.05, 3.63) is 0 Å². The summed E-state index contributed by atoms with van der Waals surface area (Å²) in [5.74, 6) is -0.208. The maximum atomic E-state index is 12.6. The number of hydrogen-bond acceptors (Lipinski definition) is 3. The zero-order chi connectivity index (χ0) is 15.0. The number of carbonyl (C=O) groups is 2. The highest BCUT2D eigenvalue weighted by molar-refractivity contribution is 5.81. The lowest BCUT2D eigenvalue weighted by molar-refractivity contribution is -0.145. The quantitative estimate of drug-likeness (QED) is 0.730. The molecule has 3 rings (SSSR count). The van der Waals surface area contributed by atoms with Gasteiger partial charge in [-0.2, -0.15) is 0 Å². The molecule has 0 aromatic heterocycles. The third kappa shape index (κ3) is 2.68. The molecule has 0 saturated heterocycles. The van der Waals surface area contributed by atoms with Crippen LogP contribution in [0.5, 0.6) is 0 Å². The largest absolute Gasteiger partial charge is 0.481 e. The first kappa shape index (κ1) is 14.8. The van der Waals surface area contributed by atoms with Crippen LogP contribution >= 0.6 is 0 Å². The molecular formula is C16H26N2O3. The lowest BCUT2D eigenvalue weighted by Gasteiger charge is -2.34. The Hall–Kier alpha value is -1.10. The van der Waals surface area contributed by atoms with Crippen LogP contribution in [0.4, 0.5) is 0 Å². The third-order valence-corrected chi connectivity index (χ3v) is 6.06. The van der Waals surface area contributed by atoms with Crippen molar-refractivity contribution in [3.63, 3.8) is 0 Å². The van der Waals surface area contributed by atoms with Gasteiger partial charge in [0.15, 0.2) is 0 Å². The Morgan fingerprint density at radius 3 is 2.52 bits per heavy atom. The molecule has 0 aliphatic heterocycles. The number of nitrogens with one attached hydrogen (secondary N) is 1. The monoisotopic (exact) mass is 294 g/mol. The van der Waals surface area contributed by atoms with Crippen LogP contribution in [0.1, 0.15) is 44.9 Å². The third-order valence-electron chi connectivity index (χ3n) is 6.06. The Labute approximate surface area is 125 Å². The molecule has 0 spiro atoms. The Morgan fingerprint density at radius 1 is 1.10 bits per heavy atom. The number of carboxylic acid groups (broad SMARTS) is 1. The molecule has 0 radical (unpaired) electrons. The normalized spacial score (nSPS) is 42.0. The molecule has 5 heteroatoms. The summed E-state index contributed by atoms with van der Waals surface area (Å²) in [6.45, 7) is 0.553. The van der Waals surface area contributed by atoms with Crippen molar-refractivity contribution in [2.75, 3.05) is 6.54 Å². The van der Waals surface area contributed by atoms with Gasteiger partial charge in [-0.3, -0.25) is 9.59 Å². The number of hydrogen-bond donors (Lipinski definition) is 3. The average Bonchev–Trinajstić information content (AvgIpc) is 3.08. The minimum absolute atomic E-state index is 0.0164. The van der Waals surface area contributed by atoms with E-state index in [-0.39, 0.29) is 35.6 Å². The van der Waals surface area contributed by atoms with E-state index in [0.717, 1.165) is 44.9 Å². The zero-order valence-electron chi connectivity index (χ0n) is 12.5. The van der Waals surface area contributed by atoms with Crippen molar-refractivity contribution in [1.29, 1.82) is 0 Å². The first-order valence-corrected chi connectivity index (χ1v) is 8.35. The van der Waals surface area contributed by atoms with Crippen molar-refractivity contribution in [3.8, 4) is 0 Å². The molecule has 0 heterocycles. The highest BCUT2D eigenvalue weighted by atomic mass is 16.4. The van der Waals surface area contributed by atoms with Crippen LogP contribution < -0.4 is 11.1 Å². The van der Waals surface area contributed by atoms with Crippen molar-refractivity contribution in [1.82, 2.24) is 5.32 Å². The first-order valence-electron chi connectivity index (χ1n) is 8.35. The number of amides is 1. The lowest BCUT2D eigenvalue weighted by Crippen LogP contribution is -2.50. The number of carboxylic acids is 1. The Bertz CT molecular complexity index is 426. The van der Waals surface area contributed by atoms with Gasteiger partial charge in [0.1, 0.15) is 0 Å². The second kappa shape index (κ2) is 5.95. The van der Waals surface area contributed by atoms with Crippen LogP contribution in [0.2, 0.25) is 0 Å². The standard InChI is InChI=1S/C16H26N2O3/c17-8-11-3-1-2-4-12(11)15(19)18-14-10-6-5-9(7-10)13(14)16(20)21/h9-14H,1-8,17H2,(H,18,19)(H,20,21). The van der Waals surface area contributed by atoms with Gasteiger partial charge in [-0.25, -0.2) is 0 Å². The van der Waals surface area contributed by atoms with Crippen molar-refractivity contribution < 1.29 is 14.7 Å². The van der Waals surface area contributed by atoms with Crippen LogP contribution in [0, 0.1) is 29.6 Å². The zero-order valence-corrected chi connectivity index (χ0v) is 12.5. The van der Waals surface area contributed by atoms with Crippen molar-refractivity contribution >= 4 is 11.9 Å². The minimum Gasteiger partial charge on any atom is -0.481 e. The van der Waals surface area contributed by atoms with E-state index >= 15 is 0 Å². The van der Waals surface area contributed by atoms with Crippen LogP contribution in [0.25, 0.3) is 0 Å². The van der Waals surface area contributed by atoms with E-state index in [0.29, 0.717) is 12.5 Å². The molecular weight excluding hydrogens is 268 g/mol. The van der Waals surface area contributed by atoms with Crippen LogP contribution in [-0.2, 0) is 9.59 Å². The number of rotatable bonds is 4. The summed E-state index contributed by atoms with van der Waals surface area (Å²) in [5.41, 5.74) is 5.80. The summed E-state index contributed by atoms with van der Waals surface area (Å²) < 4.78 is 0. The van der Waals surface area contributed by atoms with Gasteiger partial charge in [0, 0.05) is 12.0 Å². The summed E-state index contributed by atoms with van der Waals surface area (Å²) in [6.07, 6.45) is 7.17. The fourth-order valence-corrected chi connectivity index (χ4v) is 4.96. The van der Waals surface area contributed by atoms with E-state index in [2.05, 4.69) is 5.32 Å². The van der Waals surface area contributed by atoms with Crippen molar-refractivity contribution in [2.24, 2.45) is 35.3 Å². The lowest BCUT2D eigenvalue weighted by atomic mass is 9.78. The Morgan fingerprint density at radius 2 is 1.81 bits per heavy atom. The average molecular weight is 294 g/mol. The fraction of sp³-hybridized carbons (Fsp3) is 0.875. The van der Waals surface area contributed by atoms with E-state index < -0.39 is 5.97 Å². The van der Waals surface area contributed by atoms with Gasteiger partial charge in [-0.05, 0) is 56.4 Å². The summed E-state index contributed by atoms with van der Waals surface area (Å²) in [6, 6.07) is -0.158. The number of nitrogens with two attached hydrogens (primary N) is 1. The fourth-order valence-electron chi connectivity index (χ4n) is 4.96. The molecule has 0 aromatic rings. The molecule has 3 saturated carbocycles. The van der Waals surface area contributed by atoms with E-state index in [4.69, 9.17) is 5.73 Å². The molecule has 2 bridgehead atoms. The molecule has 6 unspecified atom stereocenters. The SMILES string of the molecule is NCC1CCCCC1C(=O)NC1C2CCC(C2)C1C(=O)O. The van der Waals surface area contributed by atoms with Gasteiger partial charge in [-0.15, -0.1) is 0 Å².